The van der Waals surface area contributed by atoms with E-state index in [0.29, 0.717) is 21.9 Å². The Balaban J connectivity index is 1.42. The third-order valence-corrected chi connectivity index (χ3v) is 5.22. The first-order chi connectivity index (χ1) is 14.5. The van der Waals surface area contributed by atoms with Crippen molar-refractivity contribution in [1.29, 1.82) is 0 Å². The highest BCUT2D eigenvalue weighted by Gasteiger charge is 2.20. The van der Waals surface area contributed by atoms with E-state index in [-0.39, 0.29) is 11.7 Å². The number of hydrogen-bond donors (Lipinski definition) is 2. The smallest absolute Gasteiger partial charge is 0.271 e. The maximum Gasteiger partial charge on any atom is 0.271 e. The van der Waals surface area contributed by atoms with Gasteiger partial charge >= 0.3 is 0 Å². The van der Waals surface area contributed by atoms with Gasteiger partial charge in [-0.3, -0.25) is 4.79 Å². The number of carbonyl (C=O) groups excluding carboxylic acids is 1. The lowest BCUT2D eigenvalue weighted by molar-refractivity contribution is 0.0955. The number of fused-ring (bicyclic) bond motifs is 1. The molecule has 0 unspecified atom stereocenters. The molecule has 0 saturated carbocycles. The second kappa shape index (κ2) is 8.47. The maximum atomic E-state index is 12.5. The van der Waals surface area contributed by atoms with Gasteiger partial charge in [-0.25, -0.2) is 5.43 Å². The number of nitrogens with zero attached hydrogens (tertiary/aromatic N) is 2. The van der Waals surface area contributed by atoms with E-state index in [1.807, 2.05) is 36.4 Å². The minimum absolute atomic E-state index is 0.0458. The molecule has 0 radical (unpaired) electrons. The Hall–Kier alpha value is -3.51. The van der Waals surface area contributed by atoms with Crippen molar-refractivity contribution in [2.24, 2.45) is 5.10 Å². The number of phenolic OH excluding ortho intramolecular Hbond substituents is 1. The monoisotopic (exact) mass is 421 g/mol. The van der Waals surface area contributed by atoms with Gasteiger partial charge in [-0.15, -0.1) is 0 Å². The number of halogens is 1. The van der Waals surface area contributed by atoms with Crippen molar-refractivity contribution in [3.63, 3.8) is 0 Å². The Morgan fingerprint density at radius 1 is 1.10 bits per heavy atom. The van der Waals surface area contributed by atoms with Crippen LogP contribution in [0, 0.1) is 0 Å². The van der Waals surface area contributed by atoms with Gasteiger partial charge < -0.3 is 14.7 Å². The van der Waals surface area contributed by atoms with E-state index in [1.165, 1.54) is 25.0 Å². The van der Waals surface area contributed by atoms with E-state index in [0.717, 1.165) is 24.3 Å². The number of hydrogen-bond acceptors (Lipinski definition) is 5. The molecule has 30 heavy (non-hydrogen) atoms. The fourth-order valence-corrected chi connectivity index (χ4v) is 3.50. The lowest BCUT2D eigenvalue weighted by Gasteiger charge is -2.17. The normalized spacial score (nSPS) is 12.8. The summed E-state index contributed by atoms with van der Waals surface area (Å²) in [6, 6.07) is 18.2. The molecule has 4 rings (SSSR count). The molecule has 1 aliphatic heterocycles. The number of anilines is 1. The summed E-state index contributed by atoms with van der Waals surface area (Å²) in [6.07, 6.45) is 1.50. The van der Waals surface area contributed by atoms with Crippen LogP contribution in [0.4, 0.5) is 5.69 Å². The number of benzene rings is 3. The summed E-state index contributed by atoms with van der Waals surface area (Å²) in [5, 5.41) is 14.3. The summed E-state index contributed by atoms with van der Waals surface area (Å²) < 4.78 is 5.06. The third kappa shape index (κ3) is 4.23. The quantitative estimate of drug-likeness (QED) is 0.474. The Morgan fingerprint density at radius 3 is 2.63 bits per heavy atom. The molecule has 7 heteroatoms. The fourth-order valence-electron chi connectivity index (χ4n) is 3.37. The molecule has 0 saturated heterocycles. The van der Waals surface area contributed by atoms with Crippen LogP contribution in [0.25, 0.3) is 0 Å². The van der Waals surface area contributed by atoms with Crippen LogP contribution < -0.4 is 15.1 Å². The Morgan fingerprint density at radius 2 is 1.87 bits per heavy atom. The molecule has 0 aliphatic carbocycles. The van der Waals surface area contributed by atoms with E-state index in [4.69, 9.17) is 16.3 Å². The number of methoxy groups -OCH3 is 1. The second-order valence-electron chi connectivity index (χ2n) is 6.95. The molecule has 3 aromatic rings. The van der Waals surface area contributed by atoms with E-state index in [9.17, 15) is 9.90 Å². The first-order valence-corrected chi connectivity index (χ1v) is 9.74. The van der Waals surface area contributed by atoms with Crippen LogP contribution in [0.3, 0.4) is 0 Å². The summed E-state index contributed by atoms with van der Waals surface area (Å²) in [6.45, 7) is 1.52. The minimum atomic E-state index is -0.287. The van der Waals surface area contributed by atoms with E-state index >= 15 is 0 Å². The highest BCUT2D eigenvalue weighted by molar-refractivity contribution is 6.30. The van der Waals surface area contributed by atoms with Gasteiger partial charge in [-0.2, -0.15) is 5.10 Å². The lowest BCUT2D eigenvalue weighted by atomic mass is 10.1. The largest absolute Gasteiger partial charge is 0.504 e. The zero-order valence-electron chi connectivity index (χ0n) is 16.3. The molecule has 1 aliphatic rings. The van der Waals surface area contributed by atoms with Crippen molar-refractivity contribution in [3.05, 3.63) is 87.9 Å². The van der Waals surface area contributed by atoms with Crippen molar-refractivity contribution in [2.75, 3.05) is 12.0 Å². The SMILES string of the molecule is COc1cc(/C=N/NC(=O)c2ccc3c(c2)CN(c2ccc(Cl)cc2)C3)ccc1O. The van der Waals surface area contributed by atoms with E-state index in [2.05, 4.69) is 15.4 Å². The van der Waals surface area contributed by atoms with Crippen LogP contribution in [-0.4, -0.2) is 24.3 Å². The molecule has 0 aromatic heterocycles. The highest BCUT2D eigenvalue weighted by Crippen LogP contribution is 2.29. The molecular formula is C23H20ClN3O3. The molecule has 1 amide bonds. The van der Waals surface area contributed by atoms with Gasteiger partial charge in [0.2, 0.25) is 0 Å². The third-order valence-electron chi connectivity index (χ3n) is 4.97. The molecule has 152 valence electrons. The summed E-state index contributed by atoms with van der Waals surface area (Å²) in [4.78, 5) is 14.7. The highest BCUT2D eigenvalue weighted by atomic mass is 35.5. The Bertz CT molecular complexity index is 1110. The molecule has 0 atom stereocenters. The Labute approximate surface area is 179 Å². The minimum Gasteiger partial charge on any atom is -0.504 e. The Kier molecular flexibility index (Phi) is 5.59. The predicted molar refractivity (Wildman–Crippen MR) is 118 cm³/mol. The van der Waals surface area contributed by atoms with Crippen LogP contribution in [0.2, 0.25) is 5.02 Å². The first-order valence-electron chi connectivity index (χ1n) is 9.36. The number of phenols is 1. The predicted octanol–water partition coefficient (Wildman–Crippen LogP) is 4.34. The number of aromatic hydroxyl groups is 1. The average Bonchev–Trinajstić information content (AvgIpc) is 3.18. The van der Waals surface area contributed by atoms with Gasteiger partial charge in [0.15, 0.2) is 11.5 Å². The molecule has 0 spiro atoms. The van der Waals surface area contributed by atoms with Crippen molar-refractivity contribution < 1.29 is 14.6 Å². The van der Waals surface area contributed by atoms with E-state index in [1.54, 1.807) is 18.2 Å². The molecule has 3 aromatic carbocycles. The van der Waals surface area contributed by atoms with Crippen LogP contribution in [0.5, 0.6) is 11.5 Å². The van der Waals surface area contributed by atoms with Crippen molar-refractivity contribution >= 4 is 29.4 Å². The van der Waals surface area contributed by atoms with Gasteiger partial charge in [0, 0.05) is 29.4 Å². The zero-order chi connectivity index (χ0) is 21.1. The zero-order valence-corrected chi connectivity index (χ0v) is 17.1. The van der Waals surface area contributed by atoms with Gasteiger partial charge in [-0.05, 0) is 71.3 Å². The van der Waals surface area contributed by atoms with Crippen LogP contribution >= 0.6 is 11.6 Å². The lowest BCUT2D eigenvalue weighted by Crippen LogP contribution is -2.18. The van der Waals surface area contributed by atoms with E-state index < -0.39 is 0 Å². The van der Waals surface area contributed by atoms with Gasteiger partial charge in [0.25, 0.3) is 5.91 Å². The molecule has 6 nitrogen and oxygen atoms in total. The standard InChI is InChI=1S/C23H20ClN3O3/c1-30-22-10-15(2-9-21(22)28)12-25-26-23(29)16-3-4-17-13-27(14-18(17)11-16)20-7-5-19(24)6-8-20/h2-12,28H,13-14H2,1H3,(H,26,29)/b25-12+. The second-order valence-corrected chi connectivity index (χ2v) is 7.38. The number of amides is 1. The number of hydrazone groups is 1. The fraction of sp³-hybridized carbons (Fsp3) is 0.130. The first kappa shape index (κ1) is 19.8. The summed E-state index contributed by atoms with van der Waals surface area (Å²) in [5.41, 5.74) is 7.18. The van der Waals surface area contributed by atoms with Crippen molar-refractivity contribution in [2.45, 2.75) is 13.1 Å². The van der Waals surface area contributed by atoms with Crippen LogP contribution in [-0.2, 0) is 13.1 Å². The maximum absolute atomic E-state index is 12.5. The summed E-state index contributed by atoms with van der Waals surface area (Å²) in [7, 11) is 1.47. The van der Waals surface area contributed by atoms with Crippen molar-refractivity contribution in [3.8, 4) is 11.5 Å². The number of rotatable bonds is 5. The van der Waals surface area contributed by atoms with Gasteiger partial charge in [0.1, 0.15) is 0 Å². The molecule has 0 bridgehead atoms. The average molecular weight is 422 g/mol. The molecule has 0 fully saturated rings. The van der Waals surface area contributed by atoms with Crippen molar-refractivity contribution in [1.82, 2.24) is 5.43 Å². The van der Waals surface area contributed by atoms with Gasteiger partial charge in [0.05, 0.1) is 13.3 Å². The number of nitrogens with one attached hydrogen (secondary N) is 1. The van der Waals surface area contributed by atoms with Crippen LogP contribution in [0.15, 0.2) is 65.8 Å². The topological polar surface area (TPSA) is 74.2 Å². The van der Waals surface area contributed by atoms with Gasteiger partial charge in [-0.1, -0.05) is 17.7 Å². The summed E-state index contributed by atoms with van der Waals surface area (Å²) >= 11 is 5.97. The molecular weight excluding hydrogens is 402 g/mol. The molecule has 1 heterocycles. The summed E-state index contributed by atoms with van der Waals surface area (Å²) in [5.74, 6) is 0.100. The van der Waals surface area contributed by atoms with Crippen LogP contribution in [0.1, 0.15) is 27.0 Å². The number of ether oxygens (including phenoxy) is 1. The number of carbonyl (C=O) groups is 1. The molecule has 2 N–H and O–H groups in total.